The predicted molar refractivity (Wildman–Crippen MR) is 145 cm³/mol. The Kier molecular flexibility index (Phi) is 13.1. The van der Waals surface area contributed by atoms with Gasteiger partial charge in [0.2, 0.25) is 0 Å². The van der Waals surface area contributed by atoms with Gasteiger partial charge in [-0.15, -0.1) is 0 Å². The molecule has 3 aliphatic carbocycles. The van der Waals surface area contributed by atoms with Crippen LogP contribution in [0.1, 0.15) is 149 Å². The van der Waals surface area contributed by atoms with Crippen molar-refractivity contribution in [2.45, 2.75) is 155 Å². The molecule has 0 spiro atoms. The van der Waals surface area contributed by atoms with Crippen LogP contribution in [-0.4, -0.2) is 12.1 Å². The van der Waals surface area contributed by atoms with E-state index >= 15 is 0 Å². The van der Waals surface area contributed by atoms with Crippen LogP contribution in [0.15, 0.2) is 12.2 Å². The lowest BCUT2D eigenvalue weighted by atomic mass is 9.78. The van der Waals surface area contributed by atoms with E-state index in [4.69, 9.17) is 4.74 Å². The Morgan fingerprint density at radius 1 is 0.676 bits per heavy atom. The summed E-state index contributed by atoms with van der Waals surface area (Å²) >= 11 is 0. The van der Waals surface area contributed by atoms with E-state index in [9.17, 15) is 4.79 Å². The van der Waals surface area contributed by atoms with Crippen LogP contribution in [0.5, 0.6) is 0 Å². The van der Waals surface area contributed by atoms with Gasteiger partial charge in [-0.25, -0.2) is 0 Å². The van der Waals surface area contributed by atoms with Gasteiger partial charge in [0.1, 0.15) is 6.10 Å². The zero-order valence-electron chi connectivity index (χ0n) is 22.8. The number of ether oxygens (including phenoxy) is 1. The van der Waals surface area contributed by atoms with E-state index in [0.29, 0.717) is 5.92 Å². The van der Waals surface area contributed by atoms with Crippen molar-refractivity contribution in [1.29, 1.82) is 0 Å². The molecule has 0 heterocycles. The fourth-order valence-electron chi connectivity index (χ4n) is 6.95. The molecule has 0 amide bonds. The van der Waals surface area contributed by atoms with Crippen molar-refractivity contribution in [1.82, 2.24) is 0 Å². The monoisotopic (exact) mass is 472 g/mol. The van der Waals surface area contributed by atoms with Crippen molar-refractivity contribution in [3.8, 4) is 0 Å². The Labute approximate surface area is 212 Å². The maximum atomic E-state index is 12.7. The Balaban J connectivity index is 1.23. The maximum Gasteiger partial charge on any atom is 0.309 e. The highest BCUT2D eigenvalue weighted by Gasteiger charge is 2.30. The Morgan fingerprint density at radius 3 is 1.85 bits per heavy atom. The molecule has 0 radical (unpaired) electrons. The summed E-state index contributed by atoms with van der Waals surface area (Å²) in [5.74, 6) is 3.84. The number of rotatable bonds is 13. The number of unbranched alkanes of at least 4 members (excludes halogenated alkanes) is 3. The number of allylic oxidation sites excluding steroid dienone is 2. The second-order valence-electron chi connectivity index (χ2n) is 12.2. The third-order valence-corrected chi connectivity index (χ3v) is 9.48. The molecule has 34 heavy (non-hydrogen) atoms. The van der Waals surface area contributed by atoms with Crippen molar-refractivity contribution in [3.05, 3.63) is 12.2 Å². The third-order valence-electron chi connectivity index (χ3n) is 9.48. The van der Waals surface area contributed by atoms with Crippen LogP contribution in [0.25, 0.3) is 0 Å². The van der Waals surface area contributed by atoms with E-state index < -0.39 is 0 Å². The molecule has 0 bridgehead atoms. The second-order valence-corrected chi connectivity index (χ2v) is 12.2. The summed E-state index contributed by atoms with van der Waals surface area (Å²) in [5.41, 5.74) is 0. The fourth-order valence-corrected chi connectivity index (χ4v) is 6.95. The van der Waals surface area contributed by atoms with Crippen LogP contribution in [0.4, 0.5) is 0 Å². The zero-order chi connectivity index (χ0) is 24.0. The molecular formula is C32H56O2. The minimum Gasteiger partial charge on any atom is -0.462 e. The van der Waals surface area contributed by atoms with Gasteiger partial charge in [-0.2, -0.15) is 0 Å². The molecule has 196 valence electrons. The minimum absolute atomic E-state index is 0.117. The van der Waals surface area contributed by atoms with Gasteiger partial charge in [-0.05, 0) is 87.9 Å². The maximum absolute atomic E-state index is 12.7. The van der Waals surface area contributed by atoms with Crippen LogP contribution < -0.4 is 0 Å². The molecular weight excluding hydrogens is 416 g/mol. The van der Waals surface area contributed by atoms with Crippen molar-refractivity contribution in [2.75, 3.05) is 0 Å². The summed E-state index contributed by atoms with van der Waals surface area (Å²) in [6, 6.07) is 0. The molecule has 0 atom stereocenters. The lowest BCUT2D eigenvalue weighted by Crippen LogP contribution is -2.30. The number of esters is 1. The molecule has 0 saturated heterocycles. The average molecular weight is 473 g/mol. The highest BCUT2D eigenvalue weighted by atomic mass is 16.5. The van der Waals surface area contributed by atoms with Gasteiger partial charge in [0.05, 0.1) is 5.92 Å². The van der Waals surface area contributed by atoms with Gasteiger partial charge in [-0.1, -0.05) is 96.6 Å². The van der Waals surface area contributed by atoms with E-state index in [1.165, 1.54) is 109 Å². The van der Waals surface area contributed by atoms with Crippen LogP contribution in [-0.2, 0) is 9.53 Å². The molecule has 0 aliphatic heterocycles. The third kappa shape index (κ3) is 10.1. The number of carbonyl (C=O) groups excluding carboxylic acids is 1. The molecule has 0 aromatic heterocycles. The molecule has 0 aromatic rings. The van der Waals surface area contributed by atoms with Gasteiger partial charge < -0.3 is 4.74 Å². The minimum atomic E-state index is 0.117. The molecule has 0 aromatic carbocycles. The van der Waals surface area contributed by atoms with Crippen molar-refractivity contribution in [3.63, 3.8) is 0 Å². The number of hydrogen-bond donors (Lipinski definition) is 0. The summed E-state index contributed by atoms with van der Waals surface area (Å²) in [6.07, 6.45) is 32.5. The molecule has 3 aliphatic rings. The first kappa shape index (κ1) is 27.8. The summed E-state index contributed by atoms with van der Waals surface area (Å²) < 4.78 is 5.98. The molecule has 0 unspecified atom stereocenters. The quantitative estimate of drug-likeness (QED) is 0.151. The SMILES string of the molecule is CCCCCC1CCC(OC(=O)C2CCC(/C=C/CCC3CCC(CCCC)CC3)CC2)CC1. The first-order chi connectivity index (χ1) is 16.7. The molecule has 2 heteroatoms. The molecule has 3 rings (SSSR count). The smallest absolute Gasteiger partial charge is 0.309 e. The van der Waals surface area contributed by atoms with E-state index in [1.807, 2.05) is 0 Å². The molecule has 3 fully saturated rings. The van der Waals surface area contributed by atoms with Gasteiger partial charge in [0, 0.05) is 0 Å². The van der Waals surface area contributed by atoms with Crippen molar-refractivity contribution >= 4 is 5.97 Å². The first-order valence-corrected chi connectivity index (χ1v) is 15.5. The second kappa shape index (κ2) is 16.1. The lowest BCUT2D eigenvalue weighted by molar-refractivity contribution is -0.157. The van der Waals surface area contributed by atoms with Crippen molar-refractivity contribution < 1.29 is 9.53 Å². The van der Waals surface area contributed by atoms with Gasteiger partial charge >= 0.3 is 5.97 Å². The standard InChI is InChI=1S/C32H56O2/c1-3-5-7-11-29-20-24-31(25-21-29)34-32(33)30-22-18-28(19-23-30)13-9-8-12-27-16-14-26(15-17-27)10-6-4-2/h9,13,26-31H,3-8,10-12,14-25H2,1-2H3/b13-9+. The highest BCUT2D eigenvalue weighted by Crippen LogP contribution is 2.36. The lowest BCUT2D eigenvalue weighted by Gasteiger charge is -2.31. The van der Waals surface area contributed by atoms with Crippen molar-refractivity contribution in [2.24, 2.45) is 29.6 Å². The highest BCUT2D eigenvalue weighted by molar-refractivity contribution is 5.72. The van der Waals surface area contributed by atoms with Gasteiger partial charge in [-0.3, -0.25) is 4.79 Å². The van der Waals surface area contributed by atoms with Crippen LogP contribution >= 0.6 is 0 Å². The summed E-state index contributed by atoms with van der Waals surface area (Å²) in [6.45, 7) is 4.60. The van der Waals surface area contributed by atoms with E-state index in [2.05, 4.69) is 26.0 Å². The van der Waals surface area contributed by atoms with E-state index in [1.54, 1.807) is 0 Å². The zero-order valence-corrected chi connectivity index (χ0v) is 22.8. The van der Waals surface area contributed by atoms with Gasteiger partial charge in [0.25, 0.3) is 0 Å². The molecule has 2 nitrogen and oxygen atoms in total. The van der Waals surface area contributed by atoms with Crippen LogP contribution in [0.3, 0.4) is 0 Å². The Morgan fingerprint density at radius 2 is 1.24 bits per heavy atom. The van der Waals surface area contributed by atoms with E-state index in [-0.39, 0.29) is 18.0 Å². The topological polar surface area (TPSA) is 26.3 Å². The number of hydrogen-bond acceptors (Lipinski definition) is 2. The molecule has 3 saturated carbocycles. The normalized spacial score (nSPS) is 32.6. The largest absolute Gasteiger partial charge is 0.462 e. The van der Waals surface area contributed by atoms with Crippen LogP contribution in [0.2, 0.25) is 0 Å². The summed E-state index contributed by atoms with van der Waals surface area (Å²) in [4.78, 5) is 12.7. The van der Waals surface area contributed by atoms with Crippen LogP contribution in [0, 0.1) is 29.6 Å². The Bertz CT molecular complexity index is 558. The average Bonchev–Trinajstić information content (AvgIpc) is 2.87. The first-order valence-electron chi connectivity index (χ1n) is 15.5. The molecule has 0 N–H and O–H groups in total. The Hall–Kier alpha value is -0.790. The fraction of sp³-hybridized carbons (Fsp3) is 0.906. The predicted octanol–water partition coefficient (Wildman–Crippen LogP) is 9.81. The van der Waals surface area contributed by atoms with E-state index in [0.717, 1.165) is 43.4 Å². The summed E-state index contributed by atoms with van der Waals surface area (Å²) in [5, 5.41) is 0. The van der Waals surface area contributed by atoms with Gasteiger partial charge in [0.15, 0.2) is 0 Å². The number of carbonyl (C=O) groups is 1. The summed E-state index contributed by atoms with van der Waals surface area (Å²) in [7, 11) is 0.